The van der Waals surface area contributed by atoms with Crippen molar-refractivity contribution in [2.24, 2.45) is 0 Å². The Morgan fingerprint density at radius 2 is 1.64 bits per heavy atom. The smallest absolute Gasteiger partial charge is 0.347 e. The van der Waals surface area contributed by atoms with Crippen molar-refractivity contribution in [1.29, 1.82) is 0 Å². The first-order valence-corrected chi connectivity index (χ1v) is 11.6. The van der Waals surface area contributed by atoms with Crippen molar-refractivity contribution in [3.05, 3.63) is 87.6 Å². The van der Waals surface area contributed by atoms with E-state index in [-0.39, 0.29) is 5.69 Å². The molecule has 1 N–H and O–H groups in total. The van der Waals surface area contributed by atoms with Crippen molar-refractivity contribution in [2.45, 2.75) is 72.1 Å². The Morgan fingerprint density at radius 3 is 2.24 bits per heavy atom. The fraction of sp³-hybridized carbons (Fsp3) is 0.407. The van der Waals surface area contributed by atoms with Crippen LogP contribution < -0.4 is 10.4 Å². The summed E-state index contributed by atoms with van der Waals surface area (Å²) >= 11 is 0. The standard InChI is InChI=1S/C27H34N2O4/c1-5-17-29-23(19-28(26(29)32)18-22-11-9-20(2)10-12-22)8-6-7-21-13-15-24(16-14-21)33-27(3,4)25(30)31/h9-16,19H,5-8,17-18H2,1-4H3,(H,30,31). The number of rotatable bonds is 11. The third-order valence-corrected chi connectivity index (χ3v) is 5.76. The van der Waals surface area contributed by atoms with Gasteiger partial charge in [-0.2, -0.15) is 0 Å². The van der Waals surface area contributed by atoms with E-state index >= 15 is 0 Å². The van der Waals surface area contributed by atoms with Crippen LogP contribution in [0.1, 0.15) is 56.0 Å². The van der Waals surface area contributed by atoms with E-state index in [0.717, 1.165) is 49.0 Å². The number of nitrogens with zero attached hydrogens (tertiary/aromatic N) is 2. The van der Waals surface area contributed by atoms with Gasteiger partial charge in [0.2, 0.25) is 0 Å². The molecule has 3 rings (SSSR count). The van der Waals surface area contributed by atoms with E-state index in [1.165, 1.54) is 19.4 Å². The maximum absolute atomic E-state index is 13.0. The molecular formula is C27H34N2O4. The van der Waals surface area contributed by atoms with Crippen LogP contribution in [-0.4, -0.2) is 25.8 Å². The maximum Gasteiger partial charge on any atom is 0.347 e. The molecule has 0 radical (unpaired) electrons. The zero-order valence-corrected chi connectivity index (χ0v) is 20.0. The van der Waals surface area contributed by atoms with Crippen LogP contribution in [0.4, 0.5) is 0 Å². The molecule has 176 valence electrons. The molecule has 0 saturated carbocycles. The maximum atomic E-state index is 13.0. The van der Waals surface area contributed by atoms with Crippen LogP contribution in [-0.2, 0) is 30.7 Å². The molecule has 0 aliphatic rings. The number of carbonyl (C=O) groups is 1. The number of carboxylic acid groups (broad SMARTS) is 1. The van der Waals surface area contributed by atoms with Gasteiger partial charge in [-0.1, -0.05) is 48.9 Å². The van der Waals surface area contributed by atoms with Crippen LogP contribution in [0, 0.1) is 6.92 Å². The molecule has 0 bridgehead atoms. The Hall–Kier alpha value is -3.28. The van der Waals surface area contributed by atoms with E-state index in [9.17, 15) is 14.7 Å². The number of ether oxygens (including phenoxy) is 1. The normalized spacial score (nSPS) is 11.5. The van der Waals surface area contributed by atoms with E-state index in [2.05, 4.69) is 38.1 Å². The van der Waals surface area contributed by atoms with E-state index in [0.29, 0.717) is 12.3 Å². The van der Waals surface area contributed by atoms with E-state index in [1.807, 2.05) is 39.6 Å². The van der Waals surface area contributed by atoms with Gasteiger partial charge in [-0.05, 0) is 69.7 Å². The van der Waals surface area contributed by atoms with Crippen molar-refractivity contribution < 1.29 is 14.6 Å². The molecule has 1 aromatic heterocycles. The summed E-state index contributed by atoms with van der Waals surface area (Å²) in [4.78, 5) is 24.2. The molecule has 3 aromatic rings. The summed E-state index contributed by atoms with van der Waals surface area (Å²) in [5.41, 5.74) is 3.33. The number of imidazole rings is 1. The van der Waals surface area contributed by atoms with E-state index < -0.39 is 11.6 Å². The molecule has 6 nitrogen and oxygen atoms in total. The Kier molecular flexibility index (Phi) is 7.79. The third kappa shape index (κ3) is 6.37. The van der Waals surface area contributed by atoms with Crippen LogP contribution in [0.25, 0.3) is 0 Å². The van der Waals surface area contributed by atoms with Crippen molar-refractivity contribution in [3.63, 3.8) is 0 Å². The number of hydrogen-bond donors (Lipinski definition) is 1. The molecule has 0 atom stereocenters. The molecule has 33 heavy (non-hydrogen) atoms. The highest BCUT2D eigenvalue weighted by Crippen LogP contribution is 2.20. The molecule has 0 aliphatic carbocycles. The van der Waals surface area contributed by atoms with E-state index in [4.69, 9.17) is 4.74 Å². The quantitative estimate of drug-likeness (QED) is 0.454. The molecular weight excluding hydrogens is 416 g/mol. The third-order valence-electron chi connectivity index (χ3n) is 5.76. The fourth-order valence-corrected chi connectivity index (χ4v) is 3.78. The Balaban J connectivity index is 1.64. The predicted octanol–water partition coefficient (Wildman–Crippen LogP) is 4.83. The van der Waals surface area contributed by atoms with Crippen molar-refractivity contribution >= 4 is 5.97 Å². The van der Waals surface area contributed by atoms with Crippen LogP contribution >= 0.6 is 0 Å². The second kappa shape index (κ2) is 10.6. The summed E-state index contributed by atoms with van der Waals surface area (Å²) in [7, 11) is 0. The number of carboxylic acids is 1. The fourth-order valence-electron chi connectivity index (χ4n) is 3.78. The lowest BCUT2D eigenvalue weighted by Crippen LogP contribution is -2.37. The molecule has 1 heterocycles. The van der Waals surface area contributed by atoms with Crippen LogP contribution in [0.15, 0.2) is 59.5 Å². The molecule has 0 unspecified atom stereocenters. The van der Waals surface area contributed by atoms with Gasteiger partial charge in [0.25, 0.3) is 0 Å². The SMILES string of the molecule is CCCn1c(CCCc2ccc(OC(C)(C)C(=O)O)cc2)cn(Cc2ccc(C)cc2)c1=O. The summed E-state index contributed by atoms with van der Waals surface area (Å²) in [5.74, 6) is -0.463. The summed E-state index contributed by atoms with van der Waals surface area (Å²) in [6.07, 6.45) is 5.52. The van der Waals surface area contributed by atoms with Crippen LogP contribution in [0.3, 0.4) is 0 Å². The van der Waals surface area contributed by atoms with Crippen molar-refractivity contribution in [2.75, 3.05) is 0 Å². The van der Waals surface area contributed by atoms with Crippen molar-refractivity contribution in [3.8, 4) is 5.75 Å². The first-order valence-electron chi connectivity index (χ1n) is 11.6. The average Bonchev–Trinajstić information content (AvgIpc) is 3.05. The van der Waals surface area contributed by atoms with Gasteiger partial charge in [0.15, 0.2) is 5.60 Å². The number of benzene rings is 2. The number of aromatic nitrogens is 2. The highest BCUT2D eigenvalue weighted by Gasteiger charge is 2.29. The Morgan fingerprint density at radius 1 is 1.00 bits per heavy atom. The molecule has 2 aromatic carbocycles. The van der Waals surface area contributed by atoms with Gasteiger partial charge in [-0.25, -0.2) is 9.59 Å². The largest absolute Gasteiger partial charge is 0.478 e. The monoisotopic (exact) mass is 450 g/mol. The van der Waals surface area contributed by atoms with Gasteiger partial charge in [0.05, 0.1) is 6.54 Å². The Bertz CT molecular complexity index is 1120. The zero-order chi connectivity index (χ0) is 24.0. The minimum Gasteiger partial charge on any atom is -0.478 e. The van der Waals surface area contributed by atoms with Crippen LogP contribution in [0.2, 0.25) is 0 Å². The topological polar surface area (TPSA) is 73.5 Å². The van der Waals surface area contributed by atoms with Gasteiger partial charge in [-0.3, -0.25) is 9.13 Å². The first-order chi connectivity index (χ1) is 15.7. The van der Waals surface area contributed by atoms with Gasteiger partial charge in [0.1, 0.15) is 5.75 Å². The summed E-state index contributed by atoms with van der Waals surface area (Å²) in [6, 6.07) is 15.8. The second-order valence-corrected chi connectivity index (χ2v) is 9.08. The second-order valence-electron chi connectivity index (χ2n) is 9.08. The van der Waals surface area contributed by atoms with Gasteiger partial charge in [-0.15, -0.1) is 0 Å². The number of hydrogen-bond acceptors (Lipinski definition) is 3. The molecule has 0 spiro atoms. The average molecular weight is 451 g/mol. The summed E-state index contributed by atoms with van der Waals surface area (Å²) in [5, 5.41) is 9.21. The van der Waals surface area contributed by atoms with Gasteiger partial charge >= 0.3 is 11.7 Å². The number of aryl methyl sites for hydroxylation is 3. The lowest BCUT2D eigenvalue weighted by molar-refractivity contribution is -0.152. The molecule has 0 aliphatic heterocycles. The van der Waals surface area contributed by atoms with Gasteiger partial charge < -0.3 is 9.84 Å². The highest BCUT2D eigenvalue weighted by molar-refractivity contribution is 5.76. The minimum atomic E-state index is -1.27. The summed E-state index contributed by atoms with van der Waals surface area (Å²) < 4.78 is 9.28. The lowest BCUT2D eigenvalue weighted by atomic mass is 10.1. The zero-order valence-electron chi connectivity index (χ0n) is 20.0. The predicted molar refractivity (Wildman–Crippen MR) is 130 cm³/mol. The molecule has 0 saturated heterocycles. The lowest BCUT2D eigenvalue weighted by Gasteiger charge is -2.21. The molecule has 0 amide bonds. The van der Waals surface area contributed by atoms with Crippen molar-refractivity contribution in [1.82, 2.24) is 9.13 Å². The first kappa shape index (κ1) is 24.4. The highest BCUT2D eigenvalue weighted by atomic mass is 16.5. The van der Waals surface area contributed by atoms with Gasteiger partial charge in [0, 0.05) is 18.4 Å². The van der Waals surface area contributed by atoms with E-state index in [1.54, 1.807) is 0 Å². The Labute approximate surface area is 195 Å². The molecule has 0 fully saturated rings. The number of aliphatic carboxylic acids is 1. The van der Waals surface area contributed by atoms with Crippen LogP contribution in [0.5, 0.6) is 5.75 Å². The molecule has 6 heteroatoms. The summed E-state index contributed by atoms with van der Waals surface area (Å²) in [6.45, 7) is 8.51. The minimum absolute atomic E-state index is 0.0509.